The molecule has 0 aliphatic rings. The first kappa shape index (κ1) is 19.7. The zero-order chi connectivity index (χ0) is 19.9. The number of nitrogens with two attached hydrogens (primary N) is 1. The van der Waals surface area contributed by atoms with E-state index in [1.54, 1.807) is 23.9 Å². The molecule has 0 fully saturated rings. The molecule has 2 heterocycles. The van der Waals surface area contributed by atoms with Crippen molar-refractivity contribution in [3.63, 3.8) is 0 Å². The van der Waals surface area contributed by atoms with Crippen molar-refractivity contribution in [1.82, 2.24) is 14.8 Å². The van der Waals surface area contributed by atoms with Gasteiger partial charge in [-0.05, 0) is 43.7 Å². The zero-order valence-corrected chi connectivity index (χ0v) is 15.8. The molecule has 28 heavy (non-hydrogen) atoms. The molecule has 0 saturated carbocycles. The van der Waals surface area contributed by atoms with Crippen LogP contribution >= 0.6 is 0 Å². The average Bonchev–Trinajstić information content (AvgIpc) is 3.17. The minimum atomic E-state index is -0.396. The predicted octanol–water partition coefficient (Wildman–Crippen LogP) is 2.63. The van der Waals surface area contributed by atoms with Crippen LogP contribution in [0.25, 0.3) is 22.5 Å². The van der Waals surface area contributed by atoms with E-state index in [2.05, 4.69) is 10.1 Å². The van der Waals surface area contributed by atoms with E-state index < -0.39 is 5.97 Å². The third kappa shape index (κ3) is 4.44. The molecule has 0 amide bonds. The van der Waals surface area contributed by atoms with Crippen molar-refractivity contribution in [3.8, 4) is 22.5 Å². The lowest BCUT2D eigenvalue weighted by molar-refractivity contribution is 0.0511. The van der Waals surface area contributed by atoms with Crippen LogP contribution in [0.2, 0.25) is 0 Å². The Morgan fingerprint density at radius 2 is 1.93 bits per heavy atom. The highest BCUT2D eigenvalue weighted by Crippen LogP contribution is 2.25. The Kier molecular flexibility index (Phi) is 6.52. The molecule has 0 radical (unpaired) electrons. The summed E-state index contributed by atoms with van der Waals surface area (Å²) in [4.78, 5) is 16.7. The fourth-order valence-electron chi connectivity index (χ4n) is 2.87. The molecule has 0 aliphatic heterocycles. The fraction of sp³-hybridized carbons (Fsp3) is 0.286. The topological polar surface area (TPSA) is 103 Å². The second-order valence-electron chi connectivity index (χ2n) is 6.29. The van der Waals surface area contributed by atoms with Gasteiger partial charge >= 0.3 is 5.97 Å². The monoisotopic (exact) mass is 380 g/mol. The van der Waals surface area contributed by atoms with Crippen molar-refractivity contribution in [1.29, 1.82) is 0 Å². The van der Waals surface area contributed by atoms with Crippen molar-refractivity contribution in [2.45, 2.75) is 26.5 Å². The molecule has 7 nitrogen and oxygen atoms in total. The van der Waals surface area contributed by atoms with E-state index >= 15 is 0 Å². The molecule has 0 unspecified atom stereocenters. The van der Waals surface area contributed by atoms with Gasteiger partial charge in [-0.3, -0.25) is 9.67 Å². The summed E-state index contributed by atoms with van der Waals surface area (Å²) >= 11 is 0. The van der Waals surface area contributed by atoms with Crippen LogP contribution in [0.1, 0.15) is 29.4 Å². The molecule has 7 heteroatoms. The Morgan fingerprint density at radius 3 is 2.61 bits per heavy atom. The third-order valence-electron chi connectivity index (χ3n) is 4.33. The summed E-state index contributed by atoms with van der Waals surface area (Å²) in [5.41, 5.74) is 10.1. The van der Waals surface area contributed by atoms with E-state index in [1.165, 1.54) is 0 Å². The Labute approximate surface area is 163 Å². The molecule has 3 aromatic rings. The van der Waals surface area contributed by atoms with Crippen LogP contribution in [0, 0.1) is 0 Å². The van der Waals surface area contributed by atoms with Crippen LogP contribution in [0.15, 0.2) is 48.7 Å². The SMILES string of the molecule is CCOC(=O)c1cc(-c2ccnc(-c3ccc(CO)cc3)c2)nn1CCCN. The quantitative estimate of drug-likeness (QED) is 0.582. The van der Waals surface area contributed by atoms with Crippen molar-refractivity contribution >= 4 is 5.97 Å². The highest BCUT2D eigenvalue weighted by molar-refractivity contribution is 5.89. The van der Waals surface area contributed by atoms with Gasteiger partial charge in [0.25, 0.3) is 0 Å². The summed E-state index contributed by atoms with van der Waals surface area (Å²) in [6.45, 7) is 3.15. The van der Waals surface area contributed by atoms with Gasteiger partial charge in [-0.1, -0.05) is 24.3 Å². The minimum Gasteiger partial charge on any atom is -0.461 e. The molecule has 0 spiro atoms. The number of aliphatic hydroxyl groups is 1. The summed E-state index contributed by atoms with van der Waals surface area (Å²) in [6, 6.07) is 13.1. The predicted molar refractivity (Wildman–Crippen MR) is 106 cm³/mol. The van der Waals surface area contributed by atoms with Gasteiger partial charge in [0.1, 0.15) is 5.69 Å². The molecule has 0 atom stereocenters. The van der Waals surface area contributed by atoms with Gasteiger partial charge in [-0.15, -0.1) is 0 Å². The lowest BCUT2D eigenvalue weighted by Crippen LogP contribution is -2.15. The smallest absolute Gasteiger partial charge is 0.356 e. The highest BCUT2D eigenvalue weighted by atomic mass is 16.5. The Bertz CT molecular complexity index is 935. The van der Waals surface area contributed by atoms with Crippen LogP contribution in [-0.4, -0.2) is 39.0 Å². The van der Waals surface area contributed by atoms with Crippen molar-refractivity contribution in [3.05, 3.63) is 59.9 Å². The third-order valence-corrected chi connectivity index (χ3v) is 4.33. The number of hydrogen-bond donors (Lipinski definition) is 2. The van der Waals surface area contributed by atoms with Gasteiger partial charge in [0, 0.05) is 23.9 Å². The molecule has 2 aromatic heterocycles. The Morgan fingerprint density at radius 1 is 1.14 bits per heavy atom. The first-order valence-electron chi connectivity index (χ1n) is 9.28. The van der Waals surface area contributed by atoms with Gasteiger partial charge in [-0.25, -0.2) is 4.79 Å². The fourth-order valence-corrected chi connectivity index (χ4v) is 2.87. The molecular formula is C21H24N4O3. The number of esters is 1. The lowest BCUT2D eigenvalue weighted by Gasteiger charge is -2.05. The van der Waals surface area contributed by atoms with Crippen LogP contribution in [0.5, 0.6) is 0 Å². The minimum absolute atomic E-state index is 0.00458. The Balaban J connectivity index is 1.95. The number of carbonyl (C=O) groups is 1. The lowest BCUT2D eigenvalue weighted by atomic mass is 10.1. The first-order valence-corrected chi connectivity index (χ1v) is 9.28. The van der Waals surface area contributed by atoms with Crippen LogP contribution < -0.4 is 5.73 Å². The number of aromatic nitrogens is 3. The second-order valence-corrected chi connectivity index (χ2v) is 6.29. The first-order chi connectivity index (χ1) is 13.7. The second kappa shape index (κ2) is 9.25. The number of rotatable bonds is 8. The summed E-state index contributed by atoms with van der Waals surface area (Å²) < 4.78 is 6.80. The normalized spacial score (nSPS) is 10.8. The maximum atomic E-state index is 12.3. The number of aryl methyl sites for hydroxylation is 1. The van der Waals surface area contributed by atoms with E-state index in [1.807, 2.05) is 36.4 Å². The number of nitrogens with zero attached hydrogens (tertiary/aromatic N) is 3. The van der Waals surface area contributed by atoms with Gasteiger partial charge in [0.05, 0.1) is 24.6 Å². The van der Waals surface area contributed by atoms with Gasteiger partial charge in [0.15, 0.2) is 0 Å². The molecular weight excluding hydrogens is 356 g/mol. The van der Waals surface area contributed by atoms with Crippen LogP contribution in [-0.2, 0) is 17.9 Å². The number of carbonyl (C=O) groups excluding carboxylic acids is 1. The zero-order valence-electron chi connectivity index (χ0n) is 15.8. The van der Waals surface area contributed by atoms with Crippen molar-refractivity contribution in [2.24, 2.45) is 5.73 Å². The molecule has 0 saturated heterocycles. The molecule has 0 bridgehead atoms. The maximum Gasteiger partial charge on any atom is 0.356 e. The number of hydrogen-bond acceptors (Lipinski definition) is 6. The van der Waals surface area contributed by atoms with E-state index in [0.717, 1.165) is 22.4 Å². The van der Waals surface area contributed by atoms with E-state index in [4.69, 9.17) is 10.5 Å². The van der Waals surface area contributed by atoms with Gasteiger partial charge < -0.3 is 15.6 Å². The summed E-state index contributed by atoms with van der Waals surface area (Å²) in [6.07, 6.45) is 2.43. The van der Waals surface area contributed by atoms with Gasteiger partial charge in [-0.2, -0.15) is 5.10 Å². The number of pyridine rings is 1. The molecule has 1 aromatic carbocycles. The highest BCUT2D eigenvalue weighted by Gasteiger charge is 2.17. The number of ether oxygens (including phenoxy) is 1. The molecule has 3 rings (SSSR count). The number of benzene rings is 1. The van der Waals surface area contributed by atoms with Gasteiger partial charge in [0.2, 0.25) is 0 Å². The number of aliphatic hydroxyl groups excluding tert-OH is 1. The Hall–Kier alpha value is -3.03. The summed E-state index contributed by atoms with van der Waals surface area (Å²) in [5.74, 6) is -0.396. The van der Waals surface area contributed by atoms with Crippen LogP contribution in [0.3, 0.4) is 0 Å². The van der Waals surface area contributed by atoms with Crippen LogP contribution in [0.4, 0.5) is 0 Å². The standard InChI is InChI=1S/C21H24N4O3/c1-2-28-21(27)20-13-19(24-25(20)11-3-9-22)17-8-10-23-18(12-17)16-6-4-15(14-26)5-7-16/h4-8,10,12-13,26H,2-3,9,11,14,22H2,1H3. The van der Waals surface area contributed by atoms with E-state index in [9.17, 15) is 9.90 Å². The van der Waals surface area contributed by atoms with E-state index in [-0.39, 0.29) is 6.61 Å². The van der Waals surface area contributed by atoms with Crippen molar-refractivity contribution < 1.29 is 14.6 Å². The summed E-state index contributed by atoms with van der Waals surface area (Å²) in [7, 11) is 0. The molecule has 0 aliphatic carbocycles. The van der Waals surface area contributed by atoms with Crippen molar-refractivity contribution in [2.75, 3.05) is 13.2 Å². The largest absolute Gasteiger partial charge is 0.461 e. The molecule has 146 valence electrons. The average molecular weight is 380 g/mol. The maximum absolute atomic E-state index is 12.3. The molecule has 3 N–H and O–H groups in total. The van der Waals surface area contributed by atoms with E-state index in [0.29, 0.717) is 37.5 Å². The summed E-state index contributed by atoms with van der Waals surface area (Å²) in [5, 5.41) is 13.8.